The van der Waals surface area contributed by atoms with Gasteiger partial charge in [0.25, 0.3) is 0 Å². The summed E-state index contributed by atoms with van der Waals surface area (Å²) < 4.78 is 15.1. The fourth-order valence-electron chi connectivity index (χ4n) is 9.63. The molecule has 0 saturated carbocycles. The molecule has 6 heteroatoms. The van der Waals surface area contributed by atoms with Gasteiger partial charge in [-0.05, 0) is 115 Å². The van der Waals surface area contributed by atoms with Crippen LogP contribution in [-0.2, 0) is 5.41 Å². The predicted molar refractivity (Wildman–Crippen MR) is 261 cm³/mol. The first-order chi connectivity index (χ1) is 31.1. The largest absolute Gasteiger partial charge is 0.491 e. The summed E-state index contributed by atoms with van der Waals surface area (Å²) in [5, 5.41) is 26.9. The Bertz CT molecular complexity index is 3050. The Morgan fingerprint density at radius 1 is 0.381 bits per heavy atom. The van der Waals surface area contributed by atoms with Crippen LogP contribution in [-0.4, -0.2) is 36.6 Å². The Kier molecular flexibility index (Phi) is 10.2. The molecule has 2 aromatic heterocycles. The smallest absolute Gasteiger partial charge is 0.127 e. The minimum Gasteiger partial charge on any atom is -0.491 e. The fourth-order valence-corrected chi connectivity index (χ4v) is 11.6. The molecule has 0 aliphatic heterocycles. The van der Waals surface area contributed by atoms with E-state index in [0.29, 0.717) is 11.5 Å². The lowest BCUT2D eigenvalue weighted by molar-refractivity contribution is 0.202. The van der Waals surface area contributed by atoms with E-state index in [4.69, 9.17) is 9.47 Å². The Morgan fingerprint density at radius 3 is 1.25 bits per heavy atom. The highest BCUT2D eigenvalue weighted by molar-refractivity contribution is 7.18. The summed E-state index contributed by atoms with van der Waals surface area (Å²) in [6, 6.07) is 65.4. The van der Waals surface area contributed by atoms with Gasteiger partial charge >= 0.3 is 0 Å². The molecule has 10 aromatic rings. The zero-order valence-electron chi connectivity index (χ0n) is 34.3. The summed E-state index contributed by atoms with van der Waals surface area (Å²) in [6.07, 6.45) is 0. The van der Waals surface area contributed by atoms with Crippen molar-refractivity contribution in [3.05, 3.63) is 215 Å². The maximum absolute atomic E-state index is 9.91. The molecule has 0 spiro atoms. The molecule has 0 saturated heterocycles. The van der Waals surface area contributed by atoms with E-state index in [1.54, 1.807) is 22.7 Å². The SMILES string of the molecule is OCCOc1ccc(C2(c3ccc(OCCO)c(-c4ccccc4)c3)c3cc(-c4csc5ccccc45)ccc3-c3ccc(-c4csc5ccccc45)cc32)cc1-c1ccccc1. The third-order valence-corrected chi connectivity index (χ3v) is 14.3. The summed E-state index contributed by atoms with van der Waals surface area (Å²) in [5.41, 5.74) is 14.7. The van der Waals surface area contributed by atoms with Crippen LogP contribution in [0.1, 0.15) is 22.3 Å². The quantitative estimate of drug-likeness (QED) is 0.129. The van der Waals surface area contributed by atoms with Gasteiger partial charge in [-0.1, -0.05) is 133 Å². The highest BCUT2D eigenvalue weighted by Crippen LogP contribution is 2.59. The molecule has 0 atom stereocenters. The first-order valence-corrected chi connectivity index (χ1v) is 23.0. The molecular weight excluding hydrogens is 813 g/mol. The van der Waals surface area contributed by atoms with Crippen LogP contribution >= 0.6 is 22.7 Å². The average Bonchev–Trinajstić information content (AvgIpc) is 4.06. The van der Waals surface area contributed by atoms with Crippen molar-refractivity contribution in [1.29, 1.82) is 0 Å². The first kappa shape index (κ1) is 39.1. The van der Waals surface area contributed by atoms with Crippen LogP contribution in [0.4, 0.5) is 0 Å². The van der Waals surface area contributed by atoms with Gasteiger partial charge < -0.3 is 19.7 Å². The second kappa shape index (κ2) is 16.5. The van der Waals surface area contributed by atoms with Crippen LogP contribution in [0.15, 0.2) is 193 Å². The molecular formula is C57H42O4S2. The highest BCUT2D eigenvalue weighted by atomic mass is 32.1. The molecule has 306 valence electrons. The van der Waals surface area contributed by atoms with Crippen LogP contribution in [0.2, 0.25) is 0 Å². The van der Waals surface area contributed by atoms with Gasteiger partial charge in [0.05, 0.1) is 18.6 Å². The van der Waals surface area contributed by atoms with E-state index < -0.39 is 5.41 Å². The molecule has 0 fully saturated rings. The molecule has 0 unspecified atom stereocenters. The van der Waals surface area contributed by atoms with Crippen molar-refractivity contribution in [2.45, 2.75) is 5.41 Å². The average molecular weight is 855 g/mol. The lowest BCUT2D eigenvalue weighted by atomic mass is 9.66. The normalized spacial score (nSPS) is 12.7. The summed E-state index contributed by atoms with van der Waals surface area (Å²) in [5.74, 6) is 1.42. The first-order valence-electron chi connectivity index (χ1n) is 21.3. The molecule has 0 bridgehead atoms. The summed E-state index contributed by atoms with van der Waals surface area (Å²) in [6.45, 7) is 0.185. The van der Waals surface area contributed by atoms with Gasteiger partial charge in [0.2, 0.25) is 0 Å². The van der Waals surface area contributed by atoms with Crippen molar-refractivity contribution >= 4 is 42.8 Å². The molecule has 2 N–H and O–H groups in total. The number of benzene rings is 8. The maximum atomic E-state index is 9.91. The molecule has 0 amide bonds. The number of hydrogen-bond acceptors (Lipinski definition) is 6. The third-order valence-electron chi connectivity index (χ3n) is 12.4. The van der Waals surface area contributed by atoms with Gasteiger partial charge in [0.15, 0.2) is 0 Å². The van der Waals surface area contributed by atoms with E-state index in [1.165, 1.54) is 53.6 Å². The molecule has 4 nitrogen and oxygen atoms in total. The Hall–Kier alpha value is -6.80. The molecule has 2 heterocycles. The number of ether oxygens (including phenoxy) is 2. The van der Waals surface area contributed by atoms with Gasteiger partial charge in [0.1, 0.15) is 24.7 Å². The van der Waals surface area contributed by atoms with Crippen LogP contribution in [0, 0.1) is 0 Å². The minimum absolute atomic E-state index is 0.0896. The summed E-state index contributed by atoms with van der Waals surface area (Å²) >= 11 is 3.55. The predicted octanol–water partition coefficient (Wildman–Crippen LogP) is 13.9. The van der Waals surface area contributed by atoms with E-state index in [0.717, 1.165) is 44.5 Å². The Morgan fingerprint density at radius 2 is 0.810 bits per heavy atom. The van der Waals surface area contributed by atoms with Gasteiger partial charge in [-0.15, -0.1) is 22.7 Å². The summed E-state index contributed by atoms with van der Waals surface area (Å²) in [7, 11) is 0. The van der Waals surface area contributed by atoms with Gasteiger partial charge in [-0.25, -0.2) is 0 Å². The fraction of sp³-hybridized carbons (Fsp3) is 0.0877. The number of aliphatic hydroxyl groups is 2. The molecule has 1 aliphatic carbocycles. The number of fused-ring (bicyclic) bond motifs is 5. The van der Waals surface area contributed by atoms with Crippen molar-refractivity contribution < 1.29 is 19.7 Å². The maximum Gasteiger partial charge on any atom is 0.127 e. The van der Waals surface area contributed by atoms with Crippen molar-refractivity contribution in [2.24, 2.45) is 0 Å². The van der Waals surface area contributed by atoms with E-state index in [9.17, 15) is 10.2 Å². The standard InChI is InChI=1S/C57H42O4S2/c58-27-29-60-53-25-21-41(33-47(53)37-11-3-1-4-12-37)57(42-22-26-54(61-30-28-59)48(34-42)38-13-5-2-6-14-38)51-31-39(49-35-62-55-17-9-7-15-45(49)55)19-23-43(51)44-24-20-40(32-52(44)57)50-36-63-56-18-10-8-16-46(50)56/h1-26,31-36,58-59H,27-30H2. The molecule has 0 radical (unpaired) electrons. The topological polar surface area (TPSA) is 58.9 Å². The van der Waals surface area contributed by atoms with Crippen LogP contribution in [0.25, 0.3) is 75.8 Å². The Balaban J connectivity index is 1.26. The van der Waals surface area contributed by atoms with E-state index in [-0.39, 0.29) is 26.4 Å². The van der Waals surface area contributed by atoms with E-state index in [2.05, 4.69) is 181 Å². The van der Waals surface area contributed by atoms with Crippen LogP contribution in [0.3, 0.4) is 0 Å². The second-order valence-corrected chi connectivity index (χ2v) is 17.7. The molecule has 1 aliphatic rings. The lowest BCUT2D eigenvalue weighted by Gasteiger charge is -2.35. The second-order valence-electron chi connectivity index (χ2n) is 15.9. The van der Waals surface area contributed by atoms with Crippen LogP contribution < -0.4 is 9.47 Å². The van der Waals surface area contributed by atoms with Crippen molar-refractivity contribution in [3.63, 3.8) is 0 Å². The van der Waals surface area contributed by atoms with Gasteiger partial charge in [0, 0.05) is 42.4 Å². The molecule has 11 rings (SSSR count). The number of aliphatic hydroxyl groups excluding tert-OH is 2. The number of rotatable bonds is 12. The van der Waals surface area contributed by atoms with E-state index in [1.807, 2.05) is 12.1 Å². The van der Waals surface area contributed by atoms with Crippen molar-refractivity contribution in [1.82, 2.24) is 0 Å². The van der Waals surface area contributed by atoms with Crippen molar-refractivity contribution in [2.75, 3.05) is 26.4 Å². The molecule has 63 heavy (non-hydrogen) atoms. The zero-order valence-corrected chi connectivity index (χ0v) is 36.0. The monoisotopic (exact) mass is 854 g/mol. The molecule has 8 aromatic carbocycles. The van der Waals surface area contributed by atoms with E-state index >= 15 is 0 Å². The third kappa shape index (κ3) is 6.66. The number of hydrogen-bond donors (Lipinski definition) is 2. The Labute approximate surface area is 374 Å². The number of thiophene rings is 2. The lowest BCUT2D eigenvalue weighted by Crippen LogP contribution is -2.29. The van der Waals surface area contributed by atoms with Crippen LogP contribution in [0.5, 0.6) is 11.5 Å². The van der Waals surface area contributed by atoms with Gasteiger partial charge in [-0.2, -0.15) is 0 Å². The minimum atomic E-state index is -0.841. The highest BCUT2D eigenvalue weighted by Gasteiger charge is 2.47. The summed E-state index contributed by atoms with van der Waals surface area (Å²) in [4.78, 5) is 0. The zero-order chi connectivity index (χ0) is 42.3. The van der Waals surface area contributed by atoms with Crippen molar-refractivity contribution in [3.8, 4) is 67.1 Å². The van der Waals surface area contributed by atoms with Gasteiger partial charge in [-0.3, -0.25) is 0 Å².